The van der Waals surface area contributed by atoms with Crippen molar-refractivity contribution in [1.29, 1.82) is 0 Å². The predicted molar refractivity (Wildman–Crippen MR) is 127 cm³/mol. The maximum absolute atomic E-state index is 12.6. The van der Waals surface area contributed by atoms with E-state index in [-0.39, 0.29) is 23.6 Å². The Balaban J connectivity index is 1.61. The number of aromatic nitrogens is 3. The second-order valence-electron chi connectivity index (χ2n) is 7.08. The molecule has 1 aromatic heterocycles. The highest BCUT2D eigenvalue weighted by molar-refractivity contribution is 7.99. The van der Waals surface area contributed by atoms with E-state index in [1.54, 1.807) is 50.6 Å². The number of nitrogens with zero attached hydrogens (tertiary/aromatic N) is 3. The van der Waals surface area contributed by atoms with Crippen LogP contribution in [-0.2, 0) is 11.3 Å². The smallest absolute Gasteiger partial charge is 0.251 e. The molecule has 0 aliphatic rings. The SMILES string of the molecule is CCn1c(SCC(=O)Nc2cccc(OC)c2)nnc1C(C)NC(=O)c1ccc(OC)cc1. The van der Waals surface area contributed by atoms with Gasteiger partial charge in [0.15, 0.2) is 11.0 Å². The molecule has 1 atom stereocenters. The summed E-state index contributed by atoms with van der Waals surface area (Å²) in [6, 6.07) is 13.7. The molecule has 174 valence electrons. The van der Waals surface area contributed by atoms with Gasteiger partial charge in [0, 0.05) is 23.9 Å². The van der Waals surface area contributed by atoms with Crippen molar-refractivity contribution >= 4 is 29.3 Å². The summed E-state index contributed by atoms with van der Waals surface area (Å²) in [5.74, 6) is 1.75. The Morgan fingerprint density at radius 3 is 2.45 bits per heavy atom. The van der Waals surface area contributed by atoms with E-state index < -0.39 is 0 Å². The van der Waals surface area contributed by atoms with E-state index in [0.717, 1.165) is 0 Å². The van der Waals surface area contributed by atoms with Crippen LogP contribution in [0.25, 0.3) is 0 Å². The van der Waals surface area contributed by atoms with E-state index in [0.29, 0.717) is 40.3 Å². The second kappa shape index (κ2) is 11.4. The molecule has 0 fully saturated rings. The quantitative estimate of drug-likeness (QED) is 0.437. The van der Waals surface area contributed by atoms with Gasteiger partial charge in [-0.3, -0.25) is 9.59 Å². The molecule has 3 aromatic rings. The minimum Gasteiger partial charge on any atom is -0.497 e. The van der Waals surface area contributed by atoms with Crippen LogP contribution in [0.5, 0.6) is 11.5 Å². The van der Waals surface area contributed by atoms with Crippen LogP contribution in [0.15, 0.2) is 53.7 Å². The topological polar surface area (TPSA) is 107 Å². The molecular weight excluding hydrogens is 442 g/mol. The molecule has 0 aliphatic heterocycles. The lowest BCUT2D eigenvalue weighted by molar-refractivity contribution is -0.113. The molecule has 10 heteroatoms. The number of thioether (sulfide) groups is 1. The van der Waals surface area contributed by atoms with Crippen molar-refractivity contribution < 1.29 is 19.1 Å². The highest BCUT2D eigenvalue weighted by Crippen LogP contribution is 2.22. The monoisotopic (exact) mass is 469 g/mol. The van der Waals surface area contributed by atoms with Crippen LogP contribution in [0.4, 0.5) is 5.69 Å². The molecule has 0 saturated carbocycles. The van der Waals surface area contributed by atoms with Gasteiger partial charge in [0.1, 0.15) is 11.5 Å². The maximum Gasteiger partial charge on any atom is 0.251 e. The summed E-state index contributed by atoms with van der Waals surface area (Å²) in [7, 11) is 3.15. The zero-order chi connectivity index (χ0) is 23.8. The van der Waals surface area contributed by atoms with Gasteiger partial charge in [-0.05, 0) is 50.2 Å². The summed E-state index contributed by atoms with van der Waals surface area (Å²) in [4.78, 5) is 25.0. The molecule has 33 heavy (non-hydrogen) atoms. The molecule has 2 amide bonds. The number of carbonyl (C=O) groups is 2. The minimum atomic E-state index is -0.369. The molecular formula is C23H27N5O4S. The fourth-order valence-electron chi connectivity index (χ4n) is 3.14. The fourth-order valence-corrected chi connectivity index (χ4v) is 3.95. The minimum absolute atomic E-state index is 0.165. The van der Waals surface area contributed by atoms with E-state index >= 15 is 0 Å². The number of rotatable bonds is 10. The fraction of sp³-hybridized carbons (Fsp3) is 0.304. The van der Waals surface area contributed by atoms with Crippen molar-refractivity contribution in [3.63, 3.8) is 0 Å². The largest absolute Gasteiger partial charge is 0.497 e. The lowest BCUT2D eigenvalue weighted by Crippen LogP contribution is -2.28. The Morgan fingerprint density at radius 2 is 1.79 bits per heavy atom. The van der Waals surface area contributed by atoms with E-state index in [9.17, 15) is 9.59 Å². The number of methoxy groups -OCH3 is 2. The van der Waals surface area contributed by atoms with Crippen molar-refractivity contribution in [2.45, 2.75) is 31.6 Å². The normalized spacial score (nSPS) is 11.5. The van der Waals surface area contributed by atoms with Gasteiger partial charge in [-0.25, -0.2) is 0 Å². The van der Waals surface area contributed by atoms with Crippen molar-refractivity contribution in [1.82, 2.24) is 20.1 Å². The van der Waals surface area contributed by atoms with Gasteiger partial charge < -0.3 is 24.7 Å². The molecule has 0 aliphatic carbocycles. The molecule has 2 aromatic carbocycles. The van der Waals surface area contributed by atoms with Crippen LogP contribution in [0, 0.1) is 0 Å². The number of hydrogen-bond acceptors (Lipinski definition) is 7. The van der Waals surface area contributed by atoms with Crippen LogP contribution in [-0.4, -0.2) is 46.6 Å². The lowest BCUT2D eigenvalue weighted by atomic mass is 10.2. The summed E-state index contributed by atoms with van der Waals surface area (Å²) in [6.07, 6.45) is 0. The van der Waals surface area contributed by atoms with Gasteiger partial charge in [-0.15, -0.1) is 10.2 Å². The number of ether oxygens (including phenoxy) is 2. The molecule has 1 unspecified atom stereocenters. The Bertz CT molecular complexity index is 1100. The van der Waals surface area contributed by atoms with Crippen molar-refractivity contribution in [2.24, 2.45) is 0 Å². The number of hydrogen-bond donors (Lipinski definition) is 2. The zero-order valence-corrected chi connectivity index (χ0v) is 19.8. The van der Waals surface area contributed by atoms with Gasteiger partial charge in [0.05, 0.1) is 26.0 Å². The standard InChI is InChI=1S/C23H27N5O4S/c1-5-28-21(15(2)24-22(30)16-9-11-18(31-3)12-10-16)26-27-23(28)33-14-20(29)25-17-7-6-8-19(13-17)32-4/h6-13,15H,5,14H2,1-4H3,(H,24,30)(H,25,29). The lowest BCUT2D eigenvalue weighted by Gasteiger charge is -2.15. The molecule has 0 saturated heterocycles. The van der Waals surface area contributed by atoms with Crippen LogP contribution >= 0.6 is 11.8 Å². The van der Waals surface area contributed by atoms with Crippen molar-refractivity contribution in [2.75, 3.05) is 25.3 Å². The molecule has 2 N–H and O–H groups in total. The molecule has 0 spiro atoms. The Morgan fingerprint density at radius 1 is 1.06 bits per heavy atom. The first-order chi connectivity index (χ1) is 15.9. The summed E-state index contributed by atoms with van der Waals surface area (Å²) in [5, 5.41) is 14.9. The van der Waals surface area contributed by atoms with Gasteiger partial charge >= 0.3 is 0 Å². The van der Waals surface area contributed by atoms with Crippen LogP contribution in [0.3, 0.4) is 0 Å². The zero-order valence-electron chi connectivity index (χ0n) is 19.0. The Hall–Kier alpha value is -3.53. The number of benzene rings is 2. The summed E-state index contributed by atoms with van der Waals surface area (Å²) < 4.78 is 12.2. The Labute approximate surface area is 196 Å². The average Bonchev–Trinajstić information content (AvgIpc) is 3.26. The molecule has 0 radical (unpaired) electrons. The molecule has 0 bridgehead atoms. The number of amides is 2. The molecule has 9 nitrogen and oxygen atoms in total. The van der Waals surface area contributed by atoms with Crippen LogP contribution in [0.2, 0.25) is 0 Å². The molecule has 1 heterocycles. The predicted octanol–water partition coefficient (Wildman–Crippen LogP) is 3.54. The van der Waals surface area contributed by atoms with E-state index in [2.05, 4.69) is 20.8 Å². The van der Waals surface area contributed by atoms with Gasteiger partial charge in [0.2, 0.25) is 5.91 Å². The highest BCUT2D eigenvalue weighted by Gasteiger charge is 2.20. The first kappa shape index (κ1) is 24.1. The van der Waals surface area contributed by atoms with Crippen molar-refractivity contribution in [3.8, 4) is 11.5 Å². The number of nitrogens with one attached hydrogen (secondary N) is 2. The third-order valence-electron chi connectivity index (χ3n) is 4.83. The van der Waals surface area contributed by atoms with Crippen LogP contribution < -0.4 is 20.1 Å². The third kappa shape index (κ3) is 6.26. The Kier molecular flexibility index (Phi) is 8.31. The van der Waals surface area contributed by atoms with Crippen molar-refractivity contribution in [3.05, 3.63) is 59.9 Å². The maximum atomic E-state index is 12.6. The number of anilines is 1. The first-order valence-corrected chi connectivity index (χ1v) is 11.4. The summed E-state index contributed by atoms with van der Waals surface area (Å²) in [6.45, 7) is 4.41. The molecule has 3 rings (SSSR count). The third-order valence-corrected chi connectivity index (χ3v) is 5.80. The highest BCUT2D eigenvalue weighted by atomic mass is 32.2. The first-order valence-electron chi connectivity index (χ1n) is 10.4. The van der Waals surface area contributed by atoms with E-state index in [4.69, 9.17) is 9.47 Å². The van der Waals surface area contributed by atoms with Gasteiger partial charge in [-0.2, -0.15) is 0 Å². The van der Waals surface area contributed by atoms with Crippen LogP contribution in [0.1, 0.15) is 36.1 Å². The second-order valence-corrected chi connectivity index (χ2v) is 8.02. The number of carbonyl (C=O) groups excluding carboxylic acids is 2. The van der Waals surface area contributed by atoms with E-state index in [1.807, 2.05) is 30.5 Å². The van der Waals surface area contributed by atoms with Gasteiger partial charge in [-0.1, -0.05) is 17.8 Å². The summed E-state index contributed by atoms with van der Waals surface area (Å²) in [5.41, 5.74) is 1.18. The average molecular weight is 470 g/mol. The summed E-state index contributed by atoms with van der Waals surface area (Å²) >= 11 is 1.29. The van der Waals surface area contributed by atoms with E-state index in [1.165, 1.54) is 11.8 Å². The van der Waals surface area contributed by atoms with Gasteiger partial charge in [0.25, 0.3) is 5.91 Å².